The van der Waals surface area contributed by atoms with Crippen molar-refractivity contribution < 1.29 is 9.53 Å². The molecule has 1 aliphatic carbocycles. The summed E-state index contributed by atoms with van der Waals surface area (Å²) in [6, 6.07) is 0. The van der Waals surface area contributed by atoms with Gasteiger partial charge in [-0.25, -0.2) is 0 Å². The van der Waals surface area contributed by atoms with Crippen LogP contribution in [-0.2, 0) is 9.53 Å². The Labute approximate surface area is 118 Å². The fourth-order valence-corrected chi connectivity index (χ4v) is 3.52. The van der Waals surface area contributed by atoms with Crippen molar-refractivity contribution in [2.24, 2.45) is 11.8 Å². The molecule has 1 saturated heterocycles. The van der Waals surface area contributed by atoms with Crippen LogP contribution in [0.4, 0.5) is 0 Å². The fraction of sp³-hybridized carbons (Fsp3) is 0.941. The minimum Gasteiger partial charge on any atom is -0.461 e. The third kappa shape index (κ3) is 4.81. The Kier molecular flexibility index (Phi) is 6.19. The van der Waals surface area contributed by atoms with Crippen LogP contribution in [0.5, 0.6) is 0 Å². The van der Waals surface area contributed by atoms with E-state index in [2.05, 4.69) is 6.92 Å². The van der Waals surface area contributed by atoms with Crippen molar-refractivity contribution >= 4 is 5.97 Å². The van der Waals surface area contributed by atoms with Crippen LogP contribution < -0.4 is 0 Å². The zero-order chi connectivity index (χ0) is 13.5. The molecule has 3 atom stereocenters. The van der Waals surface area contributed by atoms with Gasteiger partial charge in [-0.1, -0.05) is 71.1 Å². The topological polar surface area (TPSA) is 26.3 Å². The van der Waals surface area contributed by atoms with Gasteiger partial charge in [-0.3, -0.25) is 4.79 Å². The lowest BCUT2D eigenvalue weighted by Crippen LogP contribution is -2.45. The molecule has 2 fully saturated rings. The molecule has 2 nitrogen and oxygen atoms in total. The zero-order valence-electron chi connectivity index (χ0n) is 12.5. The van der Waals surface area contributed by atoms with Crippen LogP contribution in [-0.4, -0.2) is 12.1 Å². The standard InChI is InChI=1S/C17H30O2/c1-14-11-9-7-5-3-2-4-6-8-10-12-15-16(13-14)19-17(15)18/h14-16H,2-13H2,1H3. The van der Waals surface area contributed by atoms with Gasteiger partial charge in [-0.15, -0.1) is 0 Å². The van der Waals surface area contributed by atoms with Gasteiger partial charge in [0.2, 0.25) is 0 Å². The van der Waals surface area contributed by atoms with Gasteiger partial charge in [0.05, 0.1) is 5.92 Å². The van der Waals surface area contributed by atoms with Crippen LogP contribution in [0.2, 0.25) is 0 Å². The number of fused-ring (bicyclic) bond motifs is 1. The second-order valence-electron chi connectivity index (χ2n) is 6.68. The summed E-state index contributed by atoms with van der Waals surface area (Å²) in [5.74, 6) is 1.01. The number of ether oxygens (including phenoxy) is 1. The van der Waals surface area contributed by atoms with Crippen LogP contribution in [0.15, 0.2) is 0 Å². The first-order chi connectivity index (χ1) is 9.27. The second-order valence-corrected chi connectivity index (χ2v) is 6.68. The van der Waals surface area contributed by atoms with E-state index in [-0.39, 0.29) is 18.0 Å². The third-order valence-corrected chi connectivity index (χ3v) is 4.87. The molecule has 0 spiro atoms. The second kappa shape index (κ2) is 7.91. The first-order valence-electron chi connectivity index (χ1n) is 8.48. The molecule has 0 aromatic rings. The molecule has 110 valence electrons. The molecule has 0 radical (unpaired) electrons. The molecule has 2 aliphatic rings. The smallest absolute Gasteiger partial charge is 0.313 e. The molecule has 1 aliphatic heterocycles. The van der Waals surface area contributed by atoms with Crippen LogP contribution >= 0.6 is 0 Å². The van der Waals surface area contributed by atoms with Crippen LogP contribution in [0.25, 0.3) is 0 Å². The highest BCUT2D eigenvalue weighted by Crippen LogP contribution is 2.33. The molecule has 2 rings (SSSR count). The van der Waals surface area contributed by atoms with Gasteiger partial charge in [0.25, 0.3) is 0 Å². The van der Waals surface area contributed by atoms with Crippen molar-refractivity contribution in [3.8, 4) is 0 Å². The molecule has 1 saturated carbocycles. The Bertz CT molecular complexity index is 274. The van der Waals surface area contributed by atoms with E-state index < -0.39 is 0 Å². The average molecular weight is 266 g/mol. The van der Waals surface area contributed by atoms with Gasteiger partial charge in [0.15, 0.2) is 0 Å². The molecule has 0 bridgehead atoms. The van der Waals surface area contributed by atoms with E-state index in [1.54, 1.807) is 0 Å². The van der Waals surface area contributed by atoms with E-state index in [1.165, 1.54) is 64.2 Å². The Morgan fingerprint density at radius 1 is 0.842 bits per heavy atom. The highest BCUT2D eigenvalue weighted by molar-refractivity contribution is 5.78. The van der Waals surface area contributed by atoms with Crippen LogP contribution in [0, 0.1) is 11.8 Å². The summed E-state index contributed by atoms with van der Waals surface area (Å²) in [5.41, 5.74) is 0. The van der Waals surface area contributed by atoms with Crippen molar-refractivity contribution in [2.45, 2.75) is 90.1 Å². The van der Waals surface area contributed by atoms with Crippen molar-refractivity contribution in [1.82, 2.24) is 0 Å². The zero-order valence-corrected chi connectivity index (χ0v) is 12.5. The SMILES string of the molecule is CC1CCCCCCCCCCCC2C(=O)OC2C1. The minimum absolute atomic E-state index is 0.0708. The molecule has 0 N–H and O–H groups in total. The first kappa shape index (κ1) is 14.9. The monoisotopic (exact) mass is 266 g/mol. The maximum Gasteiger partial charge on any atom is 0.313 e. The van der Waals surface area contributed by atoms with Gasteiger partial charge < -0.3 is 4.74 Å². The third-order valence-electron chi connectivity index (χ3n) is 4.87. The molecule has 1 heterocycles. The van der Waals surface area contributed by atoms with Crippen molar-refractivity contribution in [2.75, 3.05) is 0 Å². The summed E-state index contributed by atoms with van der Waals surface area (Å²) in [5, 5.41) is 0. The van der Waals surface area contributed by atoms with Crippen molar-refractivity contribution in [3.05, 3.63) is 0 Å². The number of rotatable bonds is 0. The van der Waals surface area contributed by atoms with Gasteiger partial charge in [0.1, 0.15) is 6.10 Å². The maximum absolute atomic E-state index is 11.5. The molecule has 3 unspecified atom stereocenters. The molecular formula is C17H30O2. The summed E-state index contributed by atoms with van der Waals surface area (Å²) in [4.78, 5) is 11.5. The van der Waals surface area contributed by atoms with Gasteiger partial charge in [-0.05, 0) is 18.8 Å². The molecular weight excluding hydrogens is 236 g/mol. The van der Waals surface area contributed by atoms with Gasteiger partial charge in [0, 0.05) is 0 Å². The fourth-order valence-electron chi connectivity index (χ4n) is 3.52. The number of hydrogen-bond acceptors (Lipinski definition) is 2. The van der Waals surface area contributed by atoms with Crippen LogP contribution in [0.3, 0.4) is 0 Å². The van der Waals surface area contributed by atoms with E-state index in [1.807, 2.05) is 0 Å². The van der Waals surface area contributed by atoms with E-state index >= 15 is 0 Å². The number of carbonyl (C=O) groups is 1. The quantitative estimate of drug-likeness (QED) is 0.585. The Hall–Kier alpha value is -0.530. The highest BCUT2D eigenvalue weighted by Gasteiger charge is 2.41. The summed E-state index contributed by atoms with van der Waals surface area (Å²) >= 11 is 0. The summed E-state index contributed by atoms with van der Waals surface area (Å²) in [6.07, 6.45) is 15.9. The lowest BCUT2D eigenvalue weighted by atomic mass is 9.84. The summed E-state index contributed by atoms with van der Waals surface area (Å²) in [6.45, 7) is 2.32. The van der Waals surface area contributed by atoms with E-state index in [9.17, 15) is 4.79 Å². The summed E-state index contributed by atoms with van der Waals surface area (Å²) in [7, 11) is 0. The van der Waals surface area contributed by atoms with Crippen molar-refractivity contribution in [1.29, 1.82) is 0 Å². The van der Waals surface area contributed by atoms with E-state index in [0.717, 1.165) is 12.8 Å². The lowest BCUT2D eigenvalue weighted by Gasteiger charge is -2.36. The molecule has 0 aromatic heterocycles. The lowest BCUT2D eigenvalue weighted by molar-refractivity contribution is -0.187. The van der Waals surface area contributed by atoms with Crippen LogP contribution in [0.1, 0.15) is 84.0 Å². The molecule has 0 amide bonds. The van der Waals surface area contributed by atoms with E-state index in [4.69, 9.17) is 4.74 Å². The first-order valence-corrected chi connectivity index (χ1v) is 8.48. The minimum atomic E-state index is 0.0708. The number of esters is 1. The Morgan fingerprint density at radius 3 is 1.95 bits per heavy atom. The van der Waals surface area contributed by atoms with E-state index in [0.29, 0.717) is 5.92 Å². The maximum atomic E-state index is 11.5. The molecule has 19 heavy (non-hydrogen) atoms. The average Bonchev–Trinajstić information content (AvgIpc) is 2.39. The van der Waals surface area contributed by atoms with Gasteiger partial charge in [-0.2, -0.15) is 0 Å². The number of hydrogen-bond donors (Lipinski definition) is 0. The Morgan fingerprint density at radius 2 is 1.37 bits per heavy atom. The highest BCUT2D eigenvalue weighted by atomic mass is 16.6. The molecule has 0 aromatic carbocycles. The van der Waals surface area contributed by atoms with Crippen molar-refractivity contribution in [3.63, 3.8) is 0 Å². The predicted molar refractivity (Wildman–Crippen MR) is 77.9 cm³/mol. The predicted octanol–water partition coefficient (Wildman–Crippen LogP) is 4.86. The molecule has 2 heteroatoms. The number of carbonyl (C=O) groups excluding carboxylic acids is 1. The van der Waals surface area contributed by atoms with Gasteiger partial charge >= 0.3 is 5.97 Å². The largest absolute Gasteiger partial charge is 0.461 e. The normalized spacial score (nSPS) is 35.2. The summed E-state index contributed by atoms with van der Waals surface area (Å²) < 4.78 is 5.36. The Balaban J connectivity index is 1.78.